The molecule has 0 bridgehead atoms. The Labute approximate surface area is 113 Å². The maximum absolute atomic E-state index is 11.8. The molecule has 1 aliphatic carbocycles. The summed E-state index contributed by atoms with van der Waals surface area (Å²) in [6.45, 7) is 0. The van der Waals surface area contributed by atoms with Crippen LogP contribution in [0.2, 0.25) is 0 Å². The van der Waals surface area contributed by atoms with Crippen LogP contribution in [-0.4, -0.2) is 19.2 Å². The Hall–Kier alpha value is -1.42. The Kier molecular flexibility index (Phi) is 5.28. The molecule has 0 spiro atoms. The zero-order valence-electron chi connectivity index (χ0n) is 10.3. The number of ether oxygens (including phenoxy) is 2. The standard InChI is InChI=1S/C13H17NO3.ClH/c1-16-12-7-6-9(8-11(12)14)13(15)17-10-4-2-3-5-10;/h6-8,10H,2-5,14H2,1H3;1H. The Bertz CT molecular complexity index is 417. The van der Waals surface area contributed by atoms with Gasteiger partial charge in [-0.3, -0.25) is 0 Å². The highest BCUT2D eigenvalue weighted by Gasteiger charge is 2.20. The molecule has 0 aromatic heterocycles. The van der Waals surface area contributed by atoms with E-state index in [-0.39, 0.29) is 24.5 Å². The van der Waals surface area contributed by atoms with Gasteiger partial charge in [0.25, 0.3) is 0 Å². The lowest BCUT2D eigenvalue weighted by Gasteiger charge is -2.12. The number of benzene rings is 1. The fourth-order valence-electron chi connectivity index (χ4n) is 2.09. The molecule has 0 radical (unpaired) electrons. The first kappa shape index (κ1) is 14.6. The van der Waals surface area contributed by atoms with Crippen molar-refractivity contribution in [1.29, 1.82) is 0 Å². The minimum Gasteiger partial charge on any atom is -0.495 e. The number of esters is 1. The molecule has 1 aliphatic rings. The molecule has 0 saturated heterocycles. The predicted octanol–water partition coefficient (Wildman–Crippen LogP) is 2.80. The Morgan fingerprint density at radius 3 is 2.56 bits per heavy atom. The molecule has 1 saturated carbocycles. The largest absolute Gasteiger partial charge is 0.495 e. The van der Waals surface area contributed by atoms with Crippen LogP contribution in [0, 0.1) is 0 Å². The molecule has 5 heteroatoms. The monoisotopic (exact) mass is 271 g/mol. The van der Waals surface area contributed by atoms with Gasteiger partial charge < -0.3 is 15.2 Å². The first-order chi connectivity index (χ1) is 8.20. The smallest absolute Gasteiger partial charge is 0.338 e. The van der Waals surface area contributed by atoms with Crippen molar-refractivity contribution in [3.63, 3.8) is 0 Å². The lowest BCUT2D eigenvalue weighted by molar-refractivity contribution is 0.0318. The van der Waals surface area contributed by atoms with Gasteiger partial charge in [0.1, 0.15) is 11.9 Å². The summed E-state index contributed by atoms with van der Waals surface area (Å²) in [5.41, 5.74) is 6.68. The zero-order chi connectivity index (χ0) is 12.3. The van der Waals surface area contributed by atoms with Crippen LogP contribution < -0.4 is 10.5 Å². The molecule has 0 heterocycles. The Morgan fingerprint density at radius 2 is 2.00 bits per heavy atom. The molecule has 100 valence electrons. The summed E-state index contributed by atoms with van der Waals surface area (Å²) in [4.78, 5) is 11.8. The molecular formula is C13H18ClNO3. The molecule has 1 aromatic rings. The summed E-state index contributed by atoms with van der Waals surface area (Å²) >= 11 is 0. The third-order valence-electron chi connectivity index (χ3n) is 3.04. The van der Waals surface area contributed by atoms with Crippen LogP contribution in [0.1, 0.15) is 36.0 Å². The lowest BCUT2D eigenvalue weighted by atomic mass is 10.2. The summed E-state index contributed by atoms with van der Waals surface area (Å²) in [5, 5.41) is 0. The summed E-state index contributed by atoms with van der Waals surface area (Å²) in [5.74, 6) is 0.272. The van der Waals surface area contributed by atoms with E-state index in [1.54, 1.807) is 25.3 Å². The van der Waals surface area contributed by atoms with E-state index in [2.05, 4.69) is 0 Å². The van der Waals surface area contributed by atoms with Crippen molar-refractivity contribution in [3.05, 3.63) is 23.8 Å². The molecular weight excluding hydrogens is 254 g/mol. The van der Waals surface area contributed by atoms with Crippen molar-refractivity contribution < 1.29 is 14.3 Å². The highest BCUT2D eigenvalue weighted by Crippen LogP contribution is 2.25. The zero-order valence-corrected chi connectivity index (χ0v) is 11.2. The van der Waals surface area contributed by atoms with Crippen molar-refractivity contribution >= 4 is 24.1 Å². The van der Waals surface area contributed by atoms with Gasteiger partial charge in [0.15, 0.2) is 0 Å². The predicted molar refractivity (Wildman–Crippen MR) is 72.3 cm³/mol. The van der Waals surface area contributed by atoms with Gasteiger partial charge in [-0.05, 0) is 43.9 Å². The fourth-order valence-corrected chi connectivity index (χ4v) is 2.09. The number of methoxy groups -OCH3 is 1. The molecule has 0 aliphatic heterocycles. The third-order valence-corrected chi connectivity index (χ3v) is 3.04. The number of rotatable bonds is 3. The lowest BCUT2D eigenvalue weighted by Crippen LogP contribution is -2.15. The SMILES string of the molecule is COc1ccc(C(=O)OC2CCCC2)cc1N.Cl. The van der Waals surface area contributed by atoms with E-state index in [9.17, 15) is 4.79 Å². The van der Waals surface area contributed by atoms with E-state index in [4.69, 9.17) is 15.2 Å². The quantitative estimate of drug-likeness (QED) is 0.678. The number of nitrogens with two attached hydrogens (primary N) is 1. The van der Waals surface area contributed by atoms with Gasteiger partial charge in [0, 0.05) is 0 Å². The van der Waals surface area contributed by atoms with Gasteiger partial charge in [0.2, 0.25) is 0 Å². The van der Waals surface area contributed by atoms with Gasteiger partial charge >= 0.3 is 5.97 Å². The van der Waals surface area contributed by atoms with Gasteiger partial charge in [-0.15, -0.1) is 12.4 Å². The number of anilines is 1. The molecule has 0 unspecified atom stereocenters. The second kappa shape index (κ2) is 6.50. The van der Waals surface area contributed by atoms with E-state index in [0.717, 1.165) is 25.7 Å². The molecule has 4 nitrogen and oxygen atoms in total. The first-order valence-electron chi connectivity index (χ1n) is 5.85. The summed E-state index contributed by atoms with van der Waals surface area (Å²) in [6.07, 6.45) is 4.30. The van der Waals surface area contributed by atoms with Crippen LogP contribution in [0.3, 0.4) is 0 Å². The van der Waals surface area contributed by atoms with E-state index in [0.29, 0.717) is 17.0 Å². The summed E-state index contributed by atoms with van der Waals surface area (Å²) in [6, 6.07) is 4.95. The van der Waals surface area contributed by atoms with Crippen LogP contribution in [0.15, 0.2) is 18.2 Å². The summed E-state index contributed by atoms with van der Waals surface area (Å²) in [7, 11) is 1.54. The maximum atomic E-state index is 11.8. The molecule has 2 rings (SSSR count). The van der Waals surface area contributed by atoms with Crippen molar-refractivity contribution in [3.8, 4) is 5.75 Å². The number of hydrogen-bond acceptors (Lipinski definition) is 4. The fraction of sp³-hybridized carbons (Fsp3) is 0.462. The highest BCUT2D eigenvalue weighted by molar-refractivity contribution is 5.91. The normalized spacial score (nSPS) is 14.9. The molecule has 18 heavy (non-hydrogen) atoms. The van der Waals surface area contributed by atoms with Gasteiger partial charge in [-0.1, -0.05) is 0 Å². The van der Waals surface area contributed by atoms with Gasteiger partial charge in [-0.2, -0.15) is 0 Å². The topological polar surface area (TPSA) is 61.5 Å². The number of halogens is 1. The summed E-state index contributed by atoms with van der Waals surface area (Å²) < 4.78 is 10.4. The molecule has 2 N–H and O–H groups in total. The highest BCUT2D eigenvalue weighted by atomic mass is 35.5. The van der Waals surface area contributed by atoms with E-state index in [1.807, 2.05) is 0 Å². The molecule has 1 aromatic carbocycles. The number of hydrogen-bond donors (Lipinski definition) is 1. The second-order valence-electron chi connectivity index (χ2n) is 4.27. The Balaban J connectivity index is 0.00000162. The van der Waals surface area contributed by atoms with E-state index >= 15 is 0 Å². The van der Waals surface area contributed by atoms with Gasteiger partial charge in [0.05, 0.1) is 18.4 Å². The van der Waals surface area contributed by atoms with E-state index in [1.165, 1.54) is 0 Å². The minimum absolute atomic E-state index is 0. The number of carbonyl (C=O) groups excluding carboxylic acids is 1. The van der Waals surface area contributed by atoms with E-state index < -0.39 is 0 Å². The number of nitrogen functional groups attached to an aromatic ring is 1. The van der Waals surface area contributed by atoms with Crippen LogP contribution >= 0.6 is 12.4 Å². The molecule has 0 amide bonds. The average Bonchev–Trinajstić information content (AvgIpc) is 2.81. The van der Waals surface area contributed by atoms with Crippen LogP contribution in [0.4, 0.5) is 5.69 Å². The van der Waals surface area contributed by atoms with Crippen molar-refractivity contribution in [2.45, 2.75) is 31.8 Å². The van der Waals surface area contributed by atoms with Crippen molar-refractivity contribution in [1.82, 2.24) is 0 Å². The van der Waals surface area contributed by atoms with Crippen molar-refractivity contribution in [2.24, 2.45) is 0 Å². The average molecular weight is 272 g/mol. The molecule has 0 atom stereocenters. The van der Waals surface area contributed by atoms with Crippen molar-refractivity contribution in [2.75, 3.05) is 12.8 Å². The second-order valence-corrected chi connectivity index (χ2v) is 4.27. The minimum atomic E-state index is -0.300. The number of carbonyl (C=O) groups is 1. The van der Waals surface area contributed by atoms with Crippen LogP contribution in [-0.2, 0) is 4.74 Å². The molecule has 1 fully saturated rings. The Morgan fingerprint density at radius 1 is 1.33 bits per heavy atom. The third kappa shape index (κ3) is 3.29. The first-order valence-corrected chi connectivity index (χ1v) is 5.85. The van der Waals surface area contributed by atoms with Crippen LogP contribution in [0.5, 0.6) is 5.75 Å². The van der Waals surface area contributed by atoms with Gasteiger partial charge in [-0.25, -0.2) is 4.79 Å². The van der Waals surface area contributed by atoms with Crippen LogP contribution in [0.25, 0.3) is 0 Å². The maximum Gasteiger partial charge on any atom is 0.338 e.